The van der Waals surface area contributed by atoms with E-state index < -0.39 is 17.8 Å². The molecule has 1 aromatic carbocycles. The zero-order valence-electron chi connectivity index (χ0n) is 14.2. The Balaban J connectivity index is 2.29. The summed E-state index contributed by atoms with van der Waals surface area (Å²) in [5.74, 6) is -1.40. The van der Waals surface area contributed by atoms with Gasteiger partial charge in [0.15, 0.2) is 0 Å². The number of rotatable bonds is 6. The number of amides is 2. The molecule has 1 heterocycles. The number of hydrogen-bond acceptors (Lipinski definition) is 6. The topological polar surface area (TPSA) is 93.1 Å². The van der Waals surface area contributed by atoms with Crippen molar-refractivity contribution in [2.75, 3.05) is 13.7 Å². The molecule has 0 radical (unpaired) electrons. The summed E-state index contributed by atoms with van der Waals surface area (Å²) in [6, 6.07) is 2.87. The van der Waals surface area contributed by atoms with Crippen LogP contribution >= 0.6 is 0 Å². The Morgan fingerprint density at radius 1 is 1.24 bits per heavy atom. The third-order valence-electron chi connectivity index (χ3n) is 3.39. The molecule has 132 valence electrons. The number of carbonyl (C=O) groups excluding carboxylic acids is 3. The van der Waals surface area contributed by atoms with Gasteiger partial charge in [-0.15, -0.1) is 0 Å². The Morgan fingerprint density at radius 3 is 2.44 bits per heavy atom. The van der Waals surface area contributed by atoms with Crippen molar-refractivity contribution in [1.82, 2.24) is 4.90 Å². The average molecular weight is 345 g/mol. The van der Waals surface area contributed by atoms with E-state index in [2.05, 4.69) is 0 Å². The van der Waals surface area contributed by atoms with E-state index in [0.29, 0.717) is 11.3 Å². The van der Waals surface area contributed by atoms with Crippen molar-refractivity contribution in [1.29, 1.82) is 0 Å². The lowest BCUT2D eigenvalue weighted by atomic mass is 10.0. The lowest BCUT2D eigenvalue weighted by molar-refractivity contribution is -0.136. The summed E-state index contributed by atoms with van der Waals surface area (Å²) in [5.41, 5.74) is 0.345. The van der Waals surface area contributed by atoms with Crippen molar-refractivity contribution in [2.24, 2.45) is 0 Å². The molecule has 0 aliphatic carbocycles. The Morgan fingerprint density at radius 2 is 1.88 bits per heavy atom. The molecule has 0 unspecified atom stereocenters. The first kappa shape index (κ1) is 18.3. The van der Waals surface area contributed by atoms with Gasteiger partial charge in [0.1, 0.15) is 17.1 Å². The molecule has 1 aliphatic heterocycles. The Kier molecular flexibility index (Phi) is 5.59. The summed E-state index contributed by atoms with van der Waals surface area (Å²) in [6.07, 6.45) is 5.11. The lowest BCUT2D eigenvalue weighted by Gasteiger charge is -2.13. The molecule has 1 aliphatic rings. The first-order valence-electron chi connectivity index (χ1n) is 7.65. The molecule has 1 aromatic rings. The second kappa shape index (κ2) is 7.65. The van der Waals surface area contributed by atoms with Crippen LogP contribution in [0.25, 0.3) is 6.08 Å². The molecular weight excluding hydrogens is 326 g/mol. The summed E-state index contributed by atoms with van der Waals surface area (Å²) < 4.78 is 10.2. The second-order valence-corrected chi connectivity index (χ2v) is 5.59. The van der Waals surface area contributed by atoms with Crippen LogP contribution in [-0.4, -0.2) is 47.5 Å². The number of phenols is 1. The van der Waals surface area contributed by atoms with Crippen LogP contribution < -0.4 is 4.74 Å². The zero-order valence-corrected chi connectivity index (χ0v) is 14.2. The number of ether oxygens (including phenoxy) is 2. The molecule has 0 atom stereocenters. The van der Waals surface area contributed by atoms with Crippen molar-refractivity contribution >= 4 is 23.9 Å². The summed E-state index contributed by atoms with van der Waals surface area (Å²) in [6.45, 7) is 3.44. The standard InChI is InChI=1S/C18H19NO6/c1-11(2)25-18(23)17-12(9-13(24-3)10-14(17)20)5-4-8-19-15(21)6-7-16(19)22/h4-7,9-11,20H,8H2,1-3H3/b5-4+. The summed E-state index contributed by atoms with van der Waals surface area (Å²) in [4.78, 5) is 36.3. The quantitative estimate of drug-likeness (QED) is 0.625. The van der Waals surface area contributed by atoms with Gasteiger partial charge in [0, 0.05) is 24.8 Å². The normalized spacial score (nSPS) is 14.0. The van der Waals surface area contributed by atoms with Gasteiger partial charge in [-0.1, -0.05) is 12.2 Å². The molecule has 2 amide bonds. The van der Waals surface area contributed by atoms with E-state index >= 15 is 0 Å². The van der Waals surface area contributed by atoms with Gasteiger partial charge in [-0.2, -0.15) is 0 Å². The first-order chi connectivity index (χ1) is 11.8. The number of hydrogen-bond donors (Lipinski definition) is 1. The van der Waals surface area contributed by atoms with Crippen molar-refractivity contribution in [3.05, 3.63) is 41.5 Å². The van der Waals surface area contributed by atoms with Crippen LogP contribution in [0, 0.1) is 0 Å². The maximum atomic E-state index is 12.2. The van der Waals surface area contributed by atoms with Gasteiger partial charge in [-0.05, 0) is 25.5 Å². The molecular formula is C18H19NO6. The van der Waals surface area contributed by atoms with E-state index in [1.807, 2.05) is 0 Å². The molecule has 7 heteroatoms. The van der Waals surface area contributed by atoms with Crippen LogP contribution in [0.3, 0.4) is 0 Å². The molecule has 0 spiro atoms. The number of imide groups is 1. The number of esters is 1. The van der Waals surface area contributed by atoms with E-state index in [9.17, 15) is 19.5 Å². The van der Waals surface area contributed by atoms with Crippen molar-refractivity contribution in [2.45, 2.75) is 20.0 Å². The van der Waals surface area contributed by atoms with Gasteiger partial charge in [0.05, 0.1) is 13.2 Å². The fourth-order valence-electron chi connectivity index (χ4n) is 2.26. The number of aromatic hydroxyl groups is 1. The highest BCUT2D eigenvalue weighted by Gasteiger charge is 2.22. The molecule has 25 heavy (non-hydrogen) atoms. The molecule has 0 aromatic heterocycles. The van der Waals surface area contributed by atoms with Gasteiger partial charge in [-0.3, -0.25) is 14.5 Å². The SMILES string of the molecule is COc1cc(O)c(C(=O)OC(C)C)c(/C=C/CN2C(=O)C=CC2=O)c1. The highest BCUT2D eigenvalue weighted by atomic mass is 16.5. The predicted molar refractivity (Wildman–Crippen MR) is 90.1 cm³/mol. The molecule has 0 saturated carbocycles. The fraction of sp³-hybridized carbons (Fsp3) is 0.278. The van der Waals surface area contributed by atoms with Crippen LogP contribution in [-0.2, 0) is 14.3 Å². The van der Waals surface area contributed by atoms with Crippen molar-refractivity contribution in [3.8, 4) is 11.5 Å². The van der Waals surface area contributed by atoms with Crippen molar-refractivity contribution < 1.29 is 29.0 Å². The van der Waals surface area contributed by atoms with E-state index in [1.54, 1.807) is 26.0 Å². The minimum Gasteiger partial charge on any atom is -0.507 e. The number of carbonyl (C=O) groups is 3. The molecule has 0 bridgehead atoms. The lowest BCUT2D eigenvalue weighted by Crippen LogP contribution is -2.29. The summed E-state index contributed by atoms with van der Waals surface area (Å²) >= 11 is 0. The largest absolute Gasteiger partial charge is 0.507 e. The predicted octanol–water partition coefficient (Wildman–Crippen LogP) is 1.90. The minimum atomic E-state index is -0.676. The van der Waals surface area contributed by atoms with Gasteiger partial charge in [-0.25, -0.2) is 4.79 Å². The van der Waals surface area contributed by atoms with E-state index in [0.717, 1.165) is 4.90 Å². The first-order valence-corrected chi connectivity index (χ1v) is 7.65. The van der Waals surface area contributed by atoms with E-state index in [4.69, 9.17) is 9.47 Å². The number of phenolic OH excluding ortho intramolecular Hbond substituents is 1. The van der Waals surface area contributed by atoms with E-state index in [1.165, 1.54) is 31.4 Å². The number of nitrogens with zero attached hydrogens (tertiary/aromatic N) is 1. The van der Waals surface area contributed by atoms with E-state index in [-0.39, 0.29) is 24.0 Å². The van der Waals surface area contributed by atoms with Gasteiger partial charge >= 0.3 is 5.97 Å². The molecule has 1 N–H and O–H groups in total. The highest BCUT2D eigenvalue weighted by molar-refractivity contribution is 6.13. The maximum Gasteiger partial charge on any atom is 0.342 e. The Labute approximate surface area is 145 Å². The average Bonchev–Trinajstić information content (AvgIpc) is 2.85. The third kappa shape index (κ3) is 4.26. The zero-order chi connectivity index (χ0) is 18.6. The van der Waals surface area contributed by atoms with Crippen LogP contribution in [0.2, 0.25) is 0 Å². The Hall–Kier alpha value is -3.09. The summed E-state index contributed by atoms with van der Waals surface area (Å²) in [5, 5.41) is 10.1. The molecule has 0 fully saturated rings. The number of methoxy groups -OCH3 is 1. The second-order valence-electron chi connectivity index (χ2n) is 5.59. The minimum absolute atomic E-state index is 0.0112. The van der Waals surface area contributed by atoms with Gasteiger partial charge in [0.25, 0.3) is 11.8 Å². The third-order valence-corrected chi connectivity index (χ3v) is 3.39. The van der Waals surface area contributed by atoms with Gasteiger partial charge in [0.2, 0.25) is 0 Å². The van der Waals surface area contributed by atoms with Crippen LogP contribution in [0.5, 0.6) is 11.5 Å². The molecule has 2 rings (SSSR count). The maximum absolute atomic E-state index is 12.2. The smallest absolute Gasteiger partial charge is 0.342 e. The summed E-state index contributed by atoms with van der Waals surface area (Å²) in [7, 11) is 1.43. The van der Waals surface area contributed by atoms with Crippen LogP contribution in [0.15, 0.2) is 30.4 Å². The van der Waals surface area contributed by atoms with Crippen LogP contribution in [0.4, 0.5) is 0 Å². The van der Waals surface area contributed by atoms with Crippen molar-refractivity contribution in [3.63, 3.8) is 0 Å². The molecule has 7 nitrogen and oxygen atoms in total. The monoisotopic (exact) mass is 345 g/mol. The Bertz CT molecular complexity index is 745. The fourth-order valence-corrected chi connectivity index (χ4v) is 2.26. The highest BCUT2D eigenvalue weighted by Crippen LogP contribution is 2.30. The number of benzene rings is 1. The van der Waals surface area contributed by atoms with Crippen LogP contribution in [0.1, 0.15) is 29.8 Å². The van der Waals surface area contributed by atoms with Gasteiger partial charge < -0.3 is 14.6 Å². The molecule has 0 saturated heterocycles.